The van der Waals surface area contributed by atoms with Crippen molar-refractivity contribution in [2.24, 2.45) is 0 Å². The molecule has 0 heterocycles. The normalized spacial score (nSPS) is 9.21. The van der Waals surface area contributed by atoms with E-state index >= 15 is 0 Å². The number of carbonyl (C=O) groups excluding carboxylic acids is 1. The van der Waals surface area contributed by atoms with Gasteiger partial charge in [-0.25, -0.2) is 4.39 Å². The Morgan fingerprint density at radius 1 is 1.64 bits per heavy atom. The lowest BCUT2D eigenvalue weighted by atomic mass is 10.2. The Hall–Kier alpha value is -1.41. The molecule has 0 atom stereocenters. The van der Waals surface area contributed by atoms with Crippen LogP contribution in [0.2, 0.25) is 0 Å². The Morgan fingerprint density at radius 2 is 2.36 bits per heavy atom. The van der Waals surface area contributed by atoms with Gasteiger partial charge >= 0.3 is 0 Å². The molecule has 0 saturated heterocycles. The predicted octanol–water partition coefficient (Wildman–Crippen LogP) is 1.84. The summed E-state index contributed by atoms with van der Waals surface area (Å²) in [6.45, 7) is -0.0954. The molecule has 1 rings (SSSR count). The van der Waals surface area contributed by atoms with Gasteiger partial charge in [-0.2, -0.15) is 5.26 Å². The number of halogens is 2. The third-order valence-electron chi connectivity index (χ3n) is 1.52. The van der Waals surface area contributed by atoms with Gasteiger partial charge in [-0.3, -0.25) is 4.79 Å². The Labute approximate surface area is 88.7 Å². The molecule has 3 nitrogen and oxygen atoms in total. The van der Waals surface area contributed by atoms with Crippen LogP contribution in [0.5, 0.6) is 0 Å². The highest BCUT2D eigenvalue weighted by Gasteiger charge is 2.11. The van der Waals surface area contributed by atoms with Crippen molar-refractivity contribution in [3.8, 4) is 6.07 Å². The predicted molar refractivity (Wildman–Crippen MR) is 52.0 cm³/mol. The van der Waals surface area contributed by atoms with E-state index in [-0.39, 0.29) is 16.6 Å². The number of nitrogens with one attached hydrogen (secondary N) is 1. The van der Waals surface area contributed by atoms with Crippen molar-refractivity contribution in [1.82, 2.24) is 5.32 Å². The number of rotatable bonds is 2. The van der Waals surface area contributed by atoms with E-state index in [1.807, 2.05) is 0 Å². The lowest BCUT2D eigenvalue weighted by molar-refractivity contribution is 0.0957. The van der Waals surface area contributed by atoms with Crippen molar-refractivity contribution in [2.75, 3.05) is 6.54 Å². The fraction of sp³-hybridized carbons (Fsp3) is 0.111. The van der Waals surface area contributed by atoms with Crippen molar-refractivity contribution in [2.45, 2.75) is 0 Å². The topological polar surface area (TPSA) is 52.9 Å². The van der Waals surface area contributed by atoms with E-state index < -0.39 is 11.7 Å². The van der Waals surface area contributed by atoms with Gasteiger partial charge in [0, 0.05) is 0 Å². The van der Waals surface area contributed by atoms with Crippen molar-refractivity contribution in [1.29, 1.82) is 5.26 Å². The molecule has 0 bridgehead atoms. The monoisotopic (exact) mass is 256 g/mol. The minimum Gasteiger partial charge on any atom is -0.339 e. The van der Waals surface area contributed by atoms with Crippen LogP contribution in [0, 0.1) is 17.1 Å². The molecule has 0 aromatic heterocycles. The first kappa shape index (κ1) is 10.7. The van der Waals surface area contributed by atoms with E-state index in [1.54, 1.807) is 6.07 Å². The number of carbonyl (C=O) groups is 1. The number of nitrogens with zero attached hydrogens (tertiary/aromatic N) is 1. The highest BCUT2D eigenvalue weighted by atomic mass is 79.9. The van der Waals surface area contributed by atoms with Gasteiger partial charge in [0.1, 0.15) is 12.4 Å². The molecule has 14 heavy (non-hydrogen) atoms. The highest BCUT2D eigenvalue weighted by molar-refractivity contribution is 9.10. The summed E-state index contributed by atoms with van der Waals surface area (Å²) >= 11 is 2.95. The quantitative estimate of drug-likeness (QED) is 0.822. The number of hydrogen-bond donors (Lipinski definition) is 1. The smallest absolute Gasteiger partial charge is 0.253 e. The molecular weight excluding hydrogens is 251 g/mol. The van der Waals surface area contributed by atoms with E-state index in [0.717, 1.165) is 0 Å². The van der Waals surface area contributed by atoms with Gasteiger partial charge in [0.05, 0.1) is 16.1 Å². The van der Waals surface area contributed by atoms with Gasteiger partial charge in [0.2, 0.25) is 0 Å². The highest BCUT2D eigenvalue weighted by Crippen LogP contribution is 2.19. The molecule has 1 aromatic rings. The van der Waals surface area contributed by atoms with E-state index in [0.29, 0.717) is 0 Å². The van der Waals surface area contributed by atoms with Gasteiger partial charge in [-0.15, -0.1) is 0 Å². The van der Waals surface area contributed by atoms with Crippen LogP contribution < -0.4 is 5.32 Å². The van der Waals surface area contributed by atoms with Gasteiger partial charge in [-0.05, 0) is 28.1 Å². The molecule has 0 saturated carbocycles. The first-order valence-corrected chi connectivity index (χ1v) is 4.55. The van der Waals surface area contributed by atoms with Crippen molar-refractivity contribution in [3.63, 3.8) is 0 Å². The van der Waals surface area contributed by atoms with Crippen LogP contribution in [0.4, 0.5) is 4.39 Å². The lowest BCUT2D eigenvalue weighted by Gasteiger charge is -2.03. The summed E-state index contributed by atoms with van der Waals surface area (Å²) in [5.41, 5.74) is 0.181. The number of hydrogen-bond acceptors (Lipinski definition) is 2. The van der Waals surface area contributed by atoms with E-state index in [1.165, 1.54) is 18.2 Å². The second-order valence-corrected chi connectivity index (χ2v) is 3.24. The molecule has 0 aliphatic heterocycles. The van der Waals surface area contributed by atoms with Crippen LogP contribution >= 0.6 is 15.9 Å². The summed E-state index contributed by atoms with van der Waals surface area (Å²) in [7, 11) is 0. The molecule has 0 unspecified atom stereocenters. The maximum absolute atomic E-state index is 13.0. The fourth-order valence-electron chi connectivity index (χ4n) is 0.894. The maximum Gasteiger partial charge on any atom is 0.253 e. The van der Waals surface area contributed by atoms with Gasteiger partial charge < -0.3 is 5.32 Å². The zero-order chi connectivity index (χ0) is 10.6. The largest absolute Gasteiger partial charge is 0.339 e. The molecule has 1 N–H and O–H groups in total. The molecule has 0 radical (unpaired) electrons. The molecule has 5 heteroatoms. The van der Waals surface area contributed by atoms with Crippen molar-refractivity contribution in [3.05, 3.63) is 34.1 Å². The number of nitriles is 1. The second-order valence-electron chi connectivity index (χ2n) is 2.44. The summed E-state index contributed by atoms with van der Waals surface area (Å²) in [4.78, 5) is 11.3. The van der Waals surface area contributed by atoms with Crippen molar-refractivity contribution >= 4 is 21.8 Å². The summed E-state index contributed by atoms with van der Waals surface area (Å²) in [6.07, 6.45) is 0. The first-order valence-electron chi connectivity index (χ1n) is 3.76. The Morgan fingerprint density at radius 3 is 3.00 bits per heavy atom. The van der Waals surface area contributed by atoms with Gasteiger partial charge in [-0.1, -0.05) is 6.07 Å². The average molecular weight is 257 g/mol. The number of amides is 1. The Balaban J connectivity index is 2.91. The molecule has 0 fully saturated rings. The molecule has 1 aromatic carbocycles. The lowest BCUT2D eigenvalue weighted by Crippen LogP contribution is -2.24. The summed E-state index contributed by atoms with van der Waals surface area (Å²) in [5, 5.41) is 10.6. The summed E-state index contributed by atoms with van der Waals surface area (Å²) in [5.74, 6) is -0.979. The van der Waals surface area contributed by atoms with E-state index in [4.69, 9.17) is 5.26 Å². The molecule has 0 aliphatic rings. The van der Waals surface area contributed by atoms with Crippen LogP contribution in [-0.4, -0.2) is 12.5 Å². The minimum atomic E-state index is -0.505. The van der Waals surface area contributed by atoms with Gasteiger partial charge in [0.15, 0.2) is 0 Å². The zero-order valence-corrected chi connectivity index (χ0v) is 8.64. The number of benzene rings is 1. The second kappa shape index (κ2) is 4.72. The Kier molecular flexibility index (Phi) is 3.60. The summed E-state index contributed by atoms with van der Waals surface area (Å²) in [6, 6.07) is 5.91. The Bertz CT molecular complexity index is 400. The molecule has 72 valence electrons. The standard InChI is InChI=1S/C9H6BrFN2O/c10-8-6(2-1-3-7(8)11)9(14)13-5-4-12/h1-3H,5H2,(H,13,14). The van der Waals surface area contributed by atoms with E-state index in [9.17, 15) is 9.18 Å². The first-order chi connectivity index (χ1) is 6.66. The van der Waals surface area contributed by atoms with Crippen LogP contribution in [0.1, 0.15) is 10.4 Å². The molecule has 1 amide bonds. The molecule has 0 spiro atoms. The third-order valence-corrected chi connectivity index (χ3v) is 2.33. The molecular formula is C9H6BrFN2O. The maximum atomic E-state index is 13.0. The van der Waals surface area contributed by atoms with Crippen LogP contribution in [0.15, 0.2) is 22.7 Å². The SMILES string of the molecule is N#CCNC(=O)c1cccc(F)c1Br. The van der Waals surface area contributed by atoms with Crippen LogP contribution in [0.3, 0.4) is 0 Å². The van der Waals surface area contributed by atoms with Gasteiger partial charge in [0.25, 0.3) is 5.91 Å². The zero-order valence-electron chi connectivity index (χ0n) is 7.05. The summed E-state index contributed by atoms with van der Waals surface area (Å²) < 4.78 is 13.1. The van der Waals surface area contributed by atoms with Crippen molar-refractivity contribution < 1.29 is 9.18 Å². The molecule has 0 aliphatic carbocycles. The van der Waals surface area contributed by atoms with Crippen LogP contribution in [-0.2, 0) is 0 Å². The van der Waals surface area contributed by atoms with Crippen LogP contribution in [0.25, 0.3) is 0 Å². The van der Waals surface area contributed by atoms with E-state index in [2.05, 4.69) is 21.2 Å². The third kappa shape index (κ3) is 2.30. The minimum absolute atomic E-state index is 0.0954. The average Bonchev–Trinajstić information content (AvgIpc) is 2.18. The fourth-order valence-corrected chi connectivity index (χ4v) is 1.34.